The quantitative estimate of drug-likeness (QED) is 0.787. The Morgan fingerprint density at radius 2 is 2.00 bits per heavy atom. The zero-order valence-electron chi connectivity index (χ0n) is 10.5. The molecule has 1 aliphatic carbocycles. The number of sulfonamides is 1. The Balaban J connectivity index is 1.82. The first-order valence-corrected chi connectivity index (χ1v) is 8.35. The number of hydrogen-bond donors (Lipinski definition) is 0. The molecule has 2 atom stereocenters. The third-order valence-electron chi connectivity index (χ3n) is 3.91. The molecule has 5 heteroatoms. The maximum absolute atomic E-state index is 12.4. The molecule has 0 bridgehead atoms. The van der Waals surface area contributed by atoms with Gasteiger partial charge in [-0.15, -0.1) is 0 Å². The summed E-state index contributed by atoms with van der Waals surface area (Å²) in [6.07, 6.45) is 5.82. The van der Waals surface area contributed by atoms with Gasteiger partial charge < -0.3 is 0 Å². The molecule has 0 N–H and O–H groups in total. The lowest BCUT2D eigenvalue weighted by Gasteiger charge is -2.16. The minimum Gasteiger partial charge on any atom is -0.212 e. The SMILES string of the molecule is O=S1(=O)[C@H]2C=CCC[C@@H]2CN1Cc1ccc(Cl)cc1. The molecular formula is C14H16ClNO2S. The molecule has 0 spiro atoms. The molecule has 1 saturated heterocycles. The smallest absolute Gasteiger partial charge is 0.212 e. The van der Waals surface area contributed by atoms with Crippen LogP contribution in [0.2, 0.25) is 5.02 Å². The van der Waals surface area contributed by atoms with Crippen molar-refractivity contribution in [2.24, 2.45) is 5.92 Å². The molecule has 0 amide bonds. The van der Waals surface area contributed by atoms with Crippen LogP contribution < -0.4 is 0 Å². The molecule has 102 valence electrons. The highest BCUT2D eigenvalue weighted by molar-refractivity contribution is 7.90. The molecule has 1 heterocycles. The van der Waals surface area contributed by atoms with Crippen LogP contribution in [0.25, 0.3) is 0 Å². The monoisotopic (exact) mass is 297 g/mol. The van der Waals surface area contributed by atoms with Gasteiger partial charge >= 0.3 is 0 Å². The number of benzene rings is 1. The van der Waals surface area contributed by atoms with Gasteiger partial charge in [-0.05, 0) is 36.5 Å². The van der Waals surface area contributed by atoms with E-state index >= 15 is 0 Å². The summed E-state index contributed by atoms with van der Waals surface area (Å²) in [5.74, 6) is 0.252. The number of fused-ring (bicyclic) bond motifs is 1. The molecule has 0 aromatic heterocycles. The first-order valence-electron chi connectivity index (χ1n) is 6.47. The molecular weight excluding hydrogens is 282 g/mol. The summed E-state index contributed by atoms with van der Waals surface area (Å²) in [6, 6.07) is 7.37. The highest BCUT2D eigenvalue weighted by Gasteiger charge is 2.45. The van der Waals surface area contributed by atoms with Crippen molar-refractivity contribution in [2.45, 2.75) is 24.6 Å². The van der Waals surface area contributed by atoms with E-state index in [0.717, 1.165) is 18.4 Å². The third-order valence-corrected chi connectivity index (χ3v) is 6.39. The van der Waals surface area contributed by atoms with Crippen LogP contribution in [0.15, 0.2) is 36.4 Å². The predicted octanol–water partition coefficient (Wildman–Crippen LogP) is 2.82. The summed E-state index contributed by atoms with van der Waals surface area (Å²) in [5, 5.41) is 0.359. The fourth-order valence-corrected chi connectivity index (χ4v) is 5.10. The molecule has 1 fully saturated rings. The lowest BCUT2D eigenvalue weighted by molar-refractivity contribution is 0.379. The second-order valence-corrected chi connectivity index (χ2v) is 7.72. The molecule has 19 heavy (non-hydrogen) atoms. The molecule has 0 unspecified atom stereocenters. The van der Waals surface area contributed by atoms with Gasteiger partial charge in [0.2, 0.25) is 10.0 Å². The van der Waals surface area contributed by atoms with E-state index in [0.29, 0.717) is 18.1 Å². The summed E-state index contributed by atoms with van der Waals surface area (Å²) in [4.78, 5) is 0. The number of allylic oxidation sites excluding steroid dienone is 1. The number of halogens is 1. The zero-order chi connectivity index (χ0) is 13.5. The second kappa shape index (κ2) is 4.93. The second-order valence-electron chi connectivity index (χ2n) is 5.19. The van der Waals surface area contributed by atoms with Crippen LogP contribution >= 0.6 is 11.6 Å². The minimum absolute atomic E-state index is 0.252. The topological polar surface area (TPSA) is 37.4 Å². The van der Waals surface area contributed by atoms with Crippen LogP contribution in [-0.4, -0.2) is 24.5 Å². The summed E-state index contributed by atoms with van der Waals surface area (Å²) in [7, 11) is -3.18. The van der Waals surface area contributed by atoms with Gasteiger partial charge in [-0.25, -0.2) is 8.42 Å². The van der Waals surface area contributed by atoms with Crippen LogP contribution in [0.4, 0.5) is 0 Å². The van der Waals surface area contributed by atoms with Gasteiger partial charge in [0.05, 0.1) is 5.25 Å². The van der Waals surface area contributed by atoms with Crippen LogP contribution in [0.3, 0.4) is 0 Å². The molecule has 1 aromatic rings. The van der Waals surface area contributed by atoms with E-state index in [-0.39, 0.29) is 11.2 Å². The maximum atomic E-state index is 12.4. The maximum Gasteiger partial charge on any atom is 0.221 e. The van der Waals surface area contributed by atoms with E-state index in [4.69, 9.17) is 11.6 Å². The van der Waals surface area contributed by atoms with Gasteiger partial charge in [-0.1, -0.05) is 35.9 Å². The Kier molecular flexibility index (Phi) is 3.41. The lowest BCUT2D eigenvalue weighted by Crippen LogP contribution is -2.28. The van der Waals surface area contributed by atoms with E-state index < -0.39 is 10.0 Å². The van der Waals surface area contributed by atoms with Crippen LogP contribution in [0.1, 0.15) is 18.4 Å². The molecule has 3 rings (SSSR count). The average Bonchev–Trinajstić information content (AvgIpc) is 2.65. The molecule has 1 aliphatic heterocycles. The van der Waals surface area contributed by atoms with Crippen molar-refractivity contribution in [1.29, 1.82) is 0 Å². The molecule has 0 saturated carbocycles. The van der Waals surface area contributed by atoms with E-state index in [1.165, 1.54) is 0 Å². The molecule has 1 aromatic carbocycles. The summed E-state index contributed by atoms with van der Waals surface area (Å²) >= 11 is 5.84. The summed E-state index contributed by atoms with van der Waals surface area (Å²) in [6.45, 7) is 1.08. The lowest BCUT2D eigenvalue weighted by atomic mass is 9.94. The van der Waals surface area contributed by atoms with E-state index in [2.05, 4.69) is 0 Å². The van der Waals surface area contributed by atoms with Gasteiger partial charge in [0.15, 0.2) is 0 Å². The Hall–Kier alpha value is -0.840. The fourth-order valence-electron chi connectivity index (χ4n) is 2.89. The Morgan fingerprint density at radius 3 is 2.68 bits per heavy atom. The van der Waals surface area contributed by atoms with Crippen molar-refractivity contribution >= 4 is 21.6 Å². The Labute approximate surface area is 118 Å². The molecule has 2 aliphatic rings. The van der Waals surface area contributed by atoms with Gasteiger partial charge in [-0.2, -0.15) is 4.31 Å². The minimum atomic E-state index is -3.18. The molecule has 0 radical (unpaired) electrons. The van der Waals surface area contributed by atoms with Crippen molar-refractivity contribution in [3.63, 3.8) is 0 Å². The number of hydrogen-bond acceptors (Lipinski definition) is 2. The van der Waals surface area contributed by atoms with E-state index in [9.17, 15) is 8.42 Å². The van der Waals surface area contributed by atoms with Gasteiger partial charge in [0, 0.05) is 18.1 Å². The average molecular weight is 298 g/mol. The predicted molar refractivity (Wildman–Crippen MR) is 76.4 cm³/mol. The third kappa shape index (κ3) is 2.45. The zero-order valence-corrected chi connectivity index (χ0v) is 12.1. The summed E-state index contributed by atoms with van der Waals surface area (Å²) < 4.78 is 26.5. The van der Waals surface area contributed by atoms with E-state index in [1.54, 1.807) is 16.4 Å². The van der Waals surface area contributed by atoms with Crippen LogP contribution in [0.5, 0.6) is 0 Å². The highest BCUT2D eigenvalue weighted by Crippen LogP contribution is 2.35. The standard InChI is InChI=1S/C14H16ClNO2S/c15-13-7-5-11(6-8-13)9-16-10-12-3-1-2-4-14(12)19(16,17)18/h2,4-8,12,14H,1,3,9-10H2/t12-,14+/m1/s1. The van der Waals surface area contributed by atoms with Crippen LogP contribution in [-0.2, 0) is 16.6 Å². The van der Waals surface area contributed by atoms with Crippen molar-refractivity contribution in [3.05, 3.63) is 47.0 Å². The molecule has 3 nitrogen and oxygen atoms in total. The van der Waals surface area contributed by atoms with Crippen molar-refractivity contribution < 1.29 is 8.42 Å². The Morgan fingerprint density at radius 1 is 1.26 bits per heavy atom. The van der Waals surface area contributed by atoms with Crippen molar-refractivity contribution in [3.8, 4) is 0 Å². The highest BCUT2D eigenvalue weighted by atomic mass is 35.5. The number of rotatable bonds is 2. The van der Waals surface area contributed by atoms with Gasteiger partial charge in [0.1, 0.15) is 0 Å². The van der Waals surface area contributed by atoms with E-state index in [1.807, 2.05) is 24.3 Å². The fraction of sp³-hybridized carbons (Fsp3) is 0.429. The van der Waals surface area contributed by atoms with Crippen LogP contribution in [0, 0.1) is 5.92 Å². The normalized spacial score (nSPS) is 29.3. The first-order chi connectivity index (χ1) is 9.07. The first kappa shape index (κ1) is 13.2. The largest absolute Gasteiger partial charge is 0.221 e. The van der Waals surface area contributed by atoms with Gasteiger partial charge in [0.25, 0.3) is 0 Å². The number of nitrogens with zero attached hydrogens (tertiary/aromatic N) is 1. The summed E-state index contributed by atoms with van der Waals surface area (Å²) in [5.41, 5.74) is 0.982. The Bertz CT molecular complexity index is 594. The van der Waals surface area contributed by atoms with Crippen molar-refractivity contribution in [2.75, 3.05) is 6.54 Å². The van der Waals surface area contributed by atoms with Gasteiger partial charge in [-0.3, -0.25) is 0 Å². The van der Waals surface area contributed by atoms with Crippen molar-refractivity contribution in [1.82, 2.24) is 4.31 Å².